The number of non-ortho nitro benzene ring substituents is 1. The lowest BCUT2D eigenvalue weighted by Gasteiger charge is -2.13. The molecule has 0 bridgehead atoms. The van der Waals surface area contributed by atoms with Crippen molar-refractivity contribution in [2.75, 3.05) is 7.11 Å². The number of nitrogens with one attached hydrogen (secondary N) is 1. The zero-order valence-electron chi connectivity index (χ0n) is 18.3. The van der Waals surface area contributed by atoms with Crippen LogP contribution in [0.25, 0.3) is 0 Å². The first kappa shape index (κ1) is 25.6. The number of ether oxygens (including phenoxy) is 2. The monoisotopic (exact) mass is 590 g/mol. The summed E-state index contributed by atoms with van der Waals surface area (Å²) in [4.78, 5) is 33.0. The van der Waals surface area contributed by atoms with Crippen molar-refractivity contribution >= 4 is 46.1 Å². The largest absolute Gasteiger partial charge is 0.493 e. The highest BCUT2D eigenvalue weighted by atomic mass is 127. The molecule has 0 unspecified atom stereocenters. The number of methoxy groups -OCH3 is 1. The Bertz CT molecular complexity index is 1280. The second-order valence-corrected chi connectivity index (χ2v) is 8.26. The normalized spacial score (nSPS) is 10.7. The zero-order chi connectivity index (χ0) is 25.4. The quantitative estimate of drug-likeness (QED) is 0.160. The molecule has 0 heterocycles. The highest BCUT2D eigenvalue weighted by molar-refractivity contribution is 14.1. The number of nitro groups is 2. The van der Waals surface area contributed by atoms with Crippen LogP contribution in [0.5, 0.6) is 11.5 Å². The summed E-state index contributed by atoms with van der Waals surface area (Å²) in [6, 6.07) is 15.5. The minimum absolute atomic E-state index is 0.00126. The Morgan fingerprint density at radius 2 is 1.80 bits per heavy atom. The number of para-hydroxylation sites is 1. The van der Waals surface area contributed by atoms with E-state index in [2.05, 4.69) is 33.1 Å². The average molecular weight is 590 g/mol. The molecule has 0 aliphatic carbocycles. The van der Waals surface area contributed by atoms with Gasteiger partial charge in [-0.1, -0.05) is 18.2 Å². The number of carbonyl (C=O) groups is 1. The molecule has 0 radical (unpaired) electrons. The molecule has 11 nitrogen and oxygen atoms in total. The van der Waals surface area contributed by atoms with Gasteiger partial charge in [0.2, 0.25) is 5.91 Å². The summed E-state index contributed by atoms with van der Waals surface area (Å²) in [7, 11) is 1.49. The molecule has 35 heavy (non-hydrogen) atoms. The minimum Gasteiger partial charge on any atom is -0.493 e. The van der Waals surface area contributed by atoms with Crippen LogP contribution in [0.1, 0.15) is 16.7 Å². The fourth-order valence-corrected chi connectivity index (χ4v) is 3.83. The number of rotatable bonds is 10. The van der Waals surface area contributed by atoms with Crippen molar-refractivity contribution in [3.05, 3.63) is 101 Å². The summed E-state index contributed by atoms with van der Waals surface area (Å²) < 4.78 is 12.0. The van der Waals surface area contributed by atoms with E-state index in [1.54, 1.807) is 30.3 Å². The standard InChI is InChI=1S/C23H19IN4O7/c1-34-21-11-16(13-25-26-22(29)12-17-4-2-3-5-20(17)28(32)33)10-19(24)23(21)35-14-15-6-8-18(9-7-15)27(30)31/h2-11,13H,12,14H2,1H3,(H,26,29)/b25-13+. The number of carbonyl (C=O) groups excluding carboxylic acids is 1. The summed E-state index contributed by atoms with van der Waals surface area (Å²) >= 11 is 2.07. The predicted molar refractivity (Wildman–Crippen MR) is 136 cm³/mol. The van der Waals surface area contributed by atoms with Crippen molar-refractivity contribution in [1.29, 1.82) is 0 Å². The van der Waals surface area contributed by atoms with Gasteiger partial charge >= 0.3 is 0 Å². The van der Waals surface area contributed by atoms with E-state index >= 15 is 0 Å². The molecule has 3 aromatic rings. The summed E-state index contributed by atoms with van der Waals surface area (Å²) in [5.74, 6) is 0.427. The number of hydrazone groups is 1. The van der Waals surface area contributed by atoms with Crippen LogP contribution in [0, 0.1) is 23.8 Å². The van der Waals surface area contributed by atoms with Crippen LogP contribution in [0.3, 0.4) is 0 Å². The van der Waals surface area contributed by atoms with E-state index in [9.17, 15) is 25.0 Å². The summed E-state index contributed by atoms with van der Waals surface area (Å²) in [5.41, 5.74) is 3.89. The first-order chi connectivity index (χ1) is 16.8. The second-order valence-electron chi connectivity index (χ2n) is 7.10. The third-order valence-electron chi connectivity index (χ3n) is 4.72. The fraction of sp³-hybridized carbons (Fsp3) is 0.130. The van der Waals surface area contributed by atoms with Crippen LogP contribution in [0.2, 0.25) is 0 Å². The molecule has 0 aromatic heterocycles. The van der Waals surface area contributed by atoms with Crippen LogP contribution in [0.15, 0.2) is 65.8 Å². The summed E-state index contributed by atoms with van der Waals surface area (Å²) in [5, 5.41) is 25.8. The Labute approximate surface area is 213 Å². The van der Waals surface area contributed by atoms with Crippen LogP contribution in [0.4, 0.5) is 11.4 Å². The number of amides is 1. The van der Waals surface area contributed by atoms with Gasteiger partial charge in [0.1, 0.15) is 6.61 Å². The topological polar surface area (TPSA) is 146 Å². The van der Waals surface area contributed by atoms with E-state index < -0.39 is 15.8 Å². The van der Waals surface area contributed by atoms with Crippen molar-refractivity contribution in [2.45, 2.75) is 13.0 Å². The molecule has 1 amide bonds. The number of hydrogen-bond acceptors (Lipinski definition) is 8. The molecule has 0 spiro atoms. The molecule has 1 N–H and O–H groups in total. The summed E-state index contributed by atoms with van der Waals surface area (Å²) in [6.45, 7) is 0.180. The van der Waals surface area contributed by atoms with Gasteiger partial charge in [0.25, 0.3) is 11.4 Å². The Morgan fingerprint density at radius 3 is 2.46 bits per heavy atom. The van der Waals surface area contributed by atoms with Crippen molar-refractivity contribution < 1.29 is 24.1 Å². The van der Waals surface area contributed by atoms with Gasteiger partial charge in [-0.15, -0.1) is 0 Å². The lowest BCUT2D eigenvalue weighted by molar-refractivity contribution is -0.385. The van der Waals surface area contributed by atoms with Crippen molar-refractivity contribution in [2.24, 2.45) is 5.10 Å². The van der Waals surface area contributed by atoms with Gasteiger partial charge in [-0.05, 0) is 58.0 Å². The summed E-state index contributed by atoms with van der Waals surface area (Å²) in [6.07, 6.45) is 1.23. The molecular weight excluding hydrogens is 571 g/mol. The van der Waals surface area contributed by atoms with E-state index in [0.717, 1.165) is 9.13 Å². The van der Waals surface area contributed by atoms with E-state index in [-0.39, 0.29) is 30.0 Å². The molecule has 0 fully saturated rings. The highest BCUT2D eigenvalue weighted by Crippen LogP contribution is 2.34. The van der Waals surface area contributed by atoms with E-state index in [4.69, 9.17) is 9.47 Å². The molecule has 0 aliphatic heterocycles. The highest BCUT2D eigenvalue weighted by Gasteiger charge is 2.15. The van der Waals surface area contributed by atoms with Crippen molar-refractivity contribution in [1.82, 2.24) is 5.43 Å². The van der Waals surface area contributed by atoms with Gasteiger partial charge in [0, 0.05) is 23.8 Å². The Balaban J connectivity index is 1.64. The zero-order valence-corrected chi connectivity index (χ0v) is 20.5. The maximum absolute atomic E-state index is 12.2. The minimum atomic E-state index is -0.536. The number of nitro benzene ring substituents is 2. The Kier molecular flexibility index (Phi) is 8.67. The SMILES string of the molecule is COc1cc(/C=N/NC(=O)Cc2ccccc2[N+](=O)[O-])cc(I)c1OCc1ccc([N+](=O)[O-])cc1. The Morgan fingerprint density at radius 1 is 1.09 bits per heavy atom. The maximum Gasteiger partial charge on any atom is 0.273 e. The number of halogens is 1. The van der Waals surface area contributed by atoms with Gasteiger partial charge in [0.15, 0.2) is 11.5 Å². The number of hydrogen-bond donors (Lipinski definition) is 1. The van der Waals surface area contributed by atoms with Gasteiger partial charge in [0.05, 0.1) is 33.2 Å². The third kappa shape index (κ3) is 6.96. The smallest absolute Gasteiger partial charge is 0.273 e. The molecule has 0 saturated heterocycles. The Hall–Kier alpha value is -4.07. The average Bonchev–Trinajstić information content (AvgIpc) is 2.83. The van der Waals surface area contributed by atoms with Crippen LogP contribution in [-0.4, -0.2) is 29.1 Å². The molecule has 0 atom stereocenters. The van der Waals surface area contributed by atoms with Crippen molar-refractivity contribution in [3.63, 3.8) is 0 Å². The predicted octanol–water partition coefficient (Wildman–Crippen LogP) is 4.39. The van der Waals surface area contributed by atoms with Crippen LogP contribution in [-0.2, 0) is 17.8 Å². The van der Waals surface area contributed by atoms with E-state index in [1.807, 2.05) is 0 Å². The van der Waals surface area contributed by atoms with E-state index in [1.165, 1.54) is 43.7 Å². The molecule has 0 saturated carbocycles. The molecule has 3 aromatic carbocycles. The van der Waals surface area contributed by atoms with Gasteiger partial charge in [-0.25, -0.2) is 5.43 Å². The van der Waals surface area contributed by atoms with Crippen molar-refractivity contribution in [3.8, 4) is 11.5 Å². The van der Waals surface area contributed by atoms with Gasteiger partial charge < -0.3 is 9.47 Å². The first-order valence-electron chi connectivity index (χ1n) is 10.1. The molecular formula is C23H19IN4O7. The second kappa shape index (κ2) is 11.9. The van der Waals surface area contributed by atoms with E-state index in [0.29, 0.717) is 17.1 Å². The van der Waals surface area contributed by atoms with Crippen LogP contribution >= 0.6 is 22.6 Å². The third-order valence-corrected chi connectivity index (χ3v) is 5.53. The molecule has 180 valence electrons. The molecule has 3 rings (SSSR count). The van der Waals surface area contributed by atoms with Crippen LogP contribution < -0.4 is 14.9 Å². The van der Waals surface area contributed by atoms with Gasteiger partial charge in [-0.2, -0.15) is 5.10 Å². The number of nitrogens with zero attached hydrogens (tertiary/aromatic N) is 3. The molecule has 0 aliphatic rings. The lowest BCUT2D eigenvalue weighted by Crippen LogP contribution is -2.20. The molecule has 12 heteroatoms. The van der Waals surface area contributed by atoms with Gasteiger partial charge in [-0.3, -0.25) is 25.0 Å². The maximum atomic E-state index is 12.2. The fourth-order valence-electron chi connectivity index (χ4n) is 3.05. The lowest BCUT2D eigenvalue weighted by atomic mass is 10.1. The first-order valence-corrected chi connectivity index (χ1v) is 11.1. The number of benzene rings is 3.